The fourth-order valence-electron chi connectivity index (χ4n) is 3.63. The van der Waals surface area contributed by atoms with E-state index in [0.29, 0.717) is 5.56 Å². The third-order valence-electron chi connectivity index (χ3n) is 4.90. The van der Waals surface area contributed by atoms with Crippen LogP contribution in [0.25, 0.3) is 10.8 Å². The zero-order valence-electron chi connectivity index (χ0n) is 14.6. The first kappa shape index (κ1) is 16.3. The molecule has 4 heteroatoms. The summed E-state index contributed by atoms with van der Waals surface area (Å²) in [6.07, 6.45) is 0.791. The van der Waals surface area contributed by atoms with E-state index in [-0.39, 0.29) is 24.4 Å². The number of anilines is 1. The van der Waals surface area contributed by atoms with Crippen molar-refractivity contribution in [3.05, 3.63) is 77.9 Å². The van der Waals surface area contributed by atoms with Gasteiger partial charge in [-0.2, -0.15) is 0 Å². The van der Waals surface area contributed by atoms with E-state index < -0.39 is 0 Å². The van der Waals surface area contributed by atoms with E-state index in [0.717, 1.165) is 28.4 Å². The molecular formula is C22H20N2O2. The predicted octanol–water partition coefficient (Wildman–Crippen LogP) is 4.07. The Morgan fingerprint density at radius 2 is 1.73 bits per heavy atom. The van der Waals surface area contributed by atoms with Crippen LogP contribution in [0.5, 0.6) is 0 Å². The van der Waals surface area contributed by atoms with Crippen LogP contribution >= 0.6 is 0 Å². The van der Waals surface area contributed by atoms with Gasteiger partial charge >= 0.3 is 0 Å². The molecule has 0 aliphatic carbocycles. The number of amides is 2. The lowest BCUT2D eigenvalue weighted by molar-refractivity contribution is -0.120. The van der Waals surface area contributed by atoms with Crippen molar-refractivity contribution in [1.82, 2.24) is 5.32 Å². The van der Waals surface area contributed by atoms with Gasteiger partial charge in [-0.3, -0.25) is 14.5 Å². The molecule has 0 fully saturated rings. The Morgan fingerprint density at radius 3 is 2.46 bits per heavy atom. The molecule has 1 atom stereocenters. The fraction of sp³-hybridized carbons (Fsp3) is 0.182. The van der Waals surface area contributed by atoms with Gasteiger partial charge in [0.25, 0.3) is 5.91 Å². The quantitative estimate of drug-likeness (QED) is 0.758. The summed E-state index contributed by atoms with van der Waals surface area (Å²) < 4.78 is 0. The molecule has 2 amide bonds. The van der Waals surface area contributed by atoms with E-state index in [9.17, 15) is 9.59 Å². The minimum atomic E-state index is -0.154. The molecule has 0 bridgehead atoms. The molecular weight excluding hydrogens is 324 g/mol. The summed E-state index contributed by atoms with van der Waals surface area (Å²) in [5.74, 6) is -0.265. The van der Waals surface area contributed by atoms with E-state index in [2.05, 4.69) is 5.32 Å². The summed E-state index contributed by atoms with van der Waals surface area (Å²) >= 11 is 0. The van der Waals surface area contributed by atoms with Crippen LogP contribution in [0, 0.1) is 0 Å². The highest BCUT2D eigenvalue weighted by molar-refractivity contribution is 6.26. The smallest absolute Gasteiger partial charge is 0.259 e. The monoisotopic (exact) mass is 344 g/mol. The average molecular weight is 344 g/mol. The summed E-state index contributed by atoms with van der Waals surface area (Å²) in [5.41, 5.74) is 2.55. The standard InChI is InChI=1S/C22H20N2O2/c1-2-18(15-8-4-3-5-9-15)23-20(25)14-24-19-13-7-11-16-10-6-12-17(21(16)19)22(24)26/h3-13,18H,2,14H2,1H3,(H,23,25)/t18-/m0/s1. The van der Waals surface area contributed by atoms with Crippen LogP contribution in [0.1, 0.15) is 35.3 Å². The second-order valence-corrected chi connectivity index (χ2v) is 6.51. The number of rotatable bonds is 5. The molecule has 0 saturated heterocycles. The lowest BCUT2D eigenvalue weighted by atomic mass is 10.0. The van der Waals surface area contributed by atoms with Crippen molar-refractivity contribution in [2.45, 2.75) is 19.4 Å². The molecule has 0 saturated carbocycles. The predicted molar refractivity (Wildman–Crippen MR) is 103 cm³/mol. The molecule has 1 aliphatic heterocycles. The molecule has 4 nitrogen and oxygen atoms in total. The number of hydrogen-bond acceptors (Lipinski definition) is 2. The first-order valence-corrected chi connectivity index (χ1v) is 8.87. The number of nitrogens with one attached hydrogen (secondary N) is 1. The van der Waals surface area contributed by atoms with Gasteiger partial charge in [0.15, 0.2) is 0 Å². The molecule has 3 aromatic rings. The second-order valence-electron chi connectivity index (χ2n) is 6.51. The molecule has 0 aromatic heterocycles. The highest BCUT2D eigenvalue weighted by Gasteiger charge is 2.31. The Hall–Kier alpha value is -3.14. The van der Waals surface area contributed by atoms with E-state index in [1.807, 2.05) is 73.7 Å². The fourth-order valence-corrected chi connectivity index (χ4v) is 3.63. The Labute approximate surface area is 152 Å². The van der Waals surface area contributed by atoms with Crippen LogP contribution in [0.15, 0.2) is 66.7 Å². The molecule has 130 valence electrons. The normalized spacial score (nSPS) is 13.9. The summed E-state index contributed by atoms with van der Waals surface area (Å²) in [7, 11) is 0. The maximum atomic E-state index is 12.8. The largest absolute Gasteiger partial charge is 0.348 e. The molecule has 0 unspecified atom stereocenters. The first-order valence-electron chi connectivity index (χ1n) is 8.87. The molecule has 1 aliphatic rings. The van der Waals surface area contributed by atoms with Crippen molar-refractivity contribution in [3.63, 3.8) is 0 Å². The SMILES string of the molecule is CC[C@H](NC(=O)CN1C(=O)c2cccc3cccc1c23)c1ccccc1. The van der Waals surface area contributed by atoms with Crippen molar-refractivity contribution in [3.8, 4) is 0 Å². The van der Waals surface area contributed by atoms with Gasteiger partial charge in [0.05, 0.1) is 11.7 Å². The van der Waals surface area contributed by atoms with Gasteiger partial charge < -0.3 is 5.32 Å². The lowest BCUT2D eigenvalue weighted by Crippen LogP contribution is -2.40. The second kappa shape index (κ2) is 6.64. The van der Waals surface area contributed by atoms with E-state index in [1.54, 1.807) is 4.90 Å². The van der Waals surface area contributed by atoms with E-state index >= 15 is 0 Å². The van der Waals surface area contributed by atoms with Gasteiger partial charge in [-0.05, 0) is 29.5 Å². The molecule has 0 spiro atoms. The summed E-state index contributed by atoms with van der Waals surface area (Å²) in [5, 5.41) is 5.01. The van der Waals surface area contributed by atoms with Crippen molar-refractivity contribution >= 4 is 28.3 Å². The third kappa shape index (κ3) is 2.73. The van der Waals surface area contributed by atoms with Crippen LogP contribution in [0.2, 0.25) is 0 Å². The van der Waals surface area contributed by atoms with Gasteiger partial charge in [0, 0.05) is 10.9 Å². The molecule has 0 radical (unpaired) electrons. The number of benzene rings is 3. The van der Waals surface area contributed by atoms with E-state index in [4.69, 9.17) is 0 Å². The zero-order valence-corrected chi connectivity index (χ0v) is 14.6. The van der Waals surface area contributed by atoms with Gasteiger partial charge in [-0.1, -0.05) is 61.5 Å². The maximum Gasteiger partial charge on any atom is 0.259 e. The Morgan fingerprint density at radius 1 is 1.00 bits per heavy atom. The van der Waals surface area contributed by atoms with Crippen molar-refractivity contribution < 1.29 is 9.59 Å². The van der Waals surface area contributed by atoms with Crippen LogP contribution < -0.4 is 10.2 Å². The van der Waals surface area contributed by atoms with Gasteiger partial charge in [0.1, 0.15) is 6.54 Å². The lowest BCUT2D eigenvalue weighted by Gasteiger charge is -2.21. The van der Waals surface area contributed by atoms with Gasteiger partial charge in [0.2, 0.25) is 5.91 Å². The first-order chi connectivity index (χ1) is 12.7. The van der Waals surface area contributed by atoms with Crippen LogP contribution in [-0.4, -0.2) is 18.4 Å². The Bertz CT molecular complexity index is 977. The number of nitrogens with zero attached hydrogens (tertiary/aromatic N) is 1. The van der Waals surface area contributed by atoms with Crippen molar-refractivity contribution in [2.24, 2.45) is 0 Å². The van der Waals surface area contributed by atoms with Crippen molar-refractivity contribution in [2.75, 3.05) is 11.4 Å². The molecule has 1 heterocycles. The Balaban J connectivity index is 1.56. The topological polar surface area (TPSA) is 49.4 Å². The molecule has 1 N–H and O–H groups in total. The van der Waals surface area contributed by atoms with E-state index in [1.165, 1.54) is 0 Å². The third-order valence-corrected chi connectivity index (χ3v) is 4.90. The van der Waals surface area contributed by atoms with Crippen molar-refractivity contribution in [1.29, 1.82) is 0 Å². The summed E-state index contributed by atoms with van der Waals surface area (Å²) in [6, 6.07) is 21.3. The highest BCUT2D eigenvalue weighted by atomic mass is 16.2. The average Bonchev–Trinajstić information content (AvgIpc) is 2.95. The van der Waals surface area contributed by atoms with Crippen LogP contribution in [-0.2, 0) is 4.79 Å². The number of carbonyl (C=O) groups excluding carboxylic acids is 2. The molecule has 26 heavy (non-hydrogen) atoms. The minimum absolute atomic E-state index is 0.0238. The van der Waals surface area contributed by atoms with Crippen LogP contribution in [0.3, 0.4) is 0 Å². The minimum Gasteiger partial charge on any atom is -0.348 e. The maximum absolute atomic E-state index is 12.8. The van der Waals surface area contributed by atoms with Gasteiger partial charge in [-0.15, -0.1) is 0 Å². The van der Waals surface area contributed by atoms with Gasteiger partial charge in [-0.25, -0.2) is 0 Å². The summed E-state index contributed by atoms with van der Waals surface area (Å²) in [6.45, 7) is 2.06. The highest BCUT2D eigenvalue weighted by Crippen LogP contribution is 2.36. The number of carbonyl (C=O) groups is 2. The molecule has 3 aromatic carbocycles. The number of hydrogen-bond donors (Lipinski definition) is 1. The zero-order chi connectivity index (χ0) is 18.1. The summed E-state index contributed by atoms with van der Waals surface area (Å²) in [4.78, 5) is 27.0. The molecule has 4 rings (SSSR count). The van der Waals surface area contributed by atoms with Crippen LogP contribution in [0.4, 0.5) is 5.69 Å². The Kier molecular flexibility index (Phi) is 4.17.